The number of carbonyl (C=O) groups is 1. The largest absolute Gasteiger partial charge is 0.377 e. The summed E-state index contributed by atoms with van der Waals surface area (Å²) in [6.07, 6.45) is 5.72. The predicted octanol–water partition coefficient (Wildman–Crippen LogP) is 5.19. The number of fused-ring (bicyclic) bond motifs is 1. The summed E-state index contributed by atoms with van der Waals surface area (Å²) in [5.74, 6) is 1.29. The van der Waals surface area contributed by atoms with Gasteiger partial charge in [-0.15, -0.1) is 0 Å². The van der Waals surface area contributed by atoms with Crippen molar-refractivity contribution in [2.24, 2.45) is 11.8 Å². The van der Waals surface area contributed by atoms with Crippen LogP contribution < -0.4 is 0 Å². The van der Waals surface area contributed by atoms with Gasteiger partial charge in [0.1, 0.15) is 0 Å². The number of hydrogen-bond donors (Lipinski definition) is 1. The van der Waals surface area contributed by atoms with E-state index in [0.29, 0.717) is 30.8 Å². The van der Waals surface area contributed by atoms with E-state index in [1.165, 1.54) is 22.0 Å². The number of aromatic amines is 1. The van der Waals surface area contributed by atoms with Crippen LogP contribution in [0.1, 0.15) is 37.3 Å². The van der Waals surface area contributed by atoms with Gasteiger partial charge in [0.25, 0.3) is 0 Å². The topological polar surface area (TPSA) is 45.3 Å². The van der Waals surface area contributed by atoms with Crippen molar-refractivity contribution in [2.75, 3.05) is 19.7 Å². The fraction of sp³-hybridized carbons (Fsp3) is 0.423. The smallest absolute Gasteiger partial charge is 0.222 e. The first-order valence-electron chi connectivity index (χ1n) is 11.2. The molecule has 0 spiro atoms. The number of likely N-dealkylation sites (tertiary alicyclic amines) is 1. The molecule has 1 aliphatic heterocycles. The van der Waals surface area contributed by atoms with Gasteiger partial charge in [0.2, 0.25) is 5.91 Å². The van der Waals surface area contributed by atoms with E-state index in [2.05, 4.69) is 53.3 Å². The van der Waals surface area contributed by atoms with Crippen LogP contribution in [-0.4, -0.2) is 35.5 Å². The minimum absolute atomic E-state index is 0.299. The number of ether oxygens (including phenoxy) is 1. The lowest BCUT2D eigenvalue weighted by Crippen LogP contribution is -2.45. The molecule has 2 atom stereocenters. The first-order chi connectivity index (χ1) is 14.7. The zero-order valence-electron chi connectivity index (χ0n) is 17.8. The summed E-state index contributed by atoms with van der Waals surface area (Å²) in [4.78, 5) is 18.2. The Morgan fingerprint density at radius 3 is 2.70 bits per heavy atom. The monoisotopic (exact) mass is 404 g/mol. The predicted molar refractivity (Wildman–Crippen MR) is 121 cm³/mol. The molecule has 1 saturated heterocycles. The maximum absolute atomic E-state index is 12.8. The van der Waals surface area contributed by atoms with Gasteiger partial charge in [0.05, 0.1) is 6.61 Å². The van der Waals surface area contributed by atoms with Crippen LogP contribution in [0, 0.1) is 11.8 Å². The lowest BCUT2D eigenvalue weighted by atomic mass is 9.81. The molecule has 3 aromatic rings. The molecule has 0 radical (unpaired) electrons. The number of carbonyl (C=O) groups excluding carboxylic acids is 1. The third-order valence-electron chi connectivity index (χ3n) is 6.51. The van der Waals surface area contributed by atoms with E-state index in [9.17, 15) is 4.79 Å². The Kier molecular flexibility index (Phi) is 6.85. The SMILES string of the molecule is CCC1CN(CCc2c[nH]c3ccccc23)C(=O)C[C@@H]1CCOCc1ccccc1. The highest BCUT2D eigenvalue weighted by Crippen LogP contribution is 2.30. The molecule has 1 N–H and O–H groups in total. The summed E-state index contributed by atoms with van der Waals surface area (Å²) >= 11 is 0. The second-order valence-corrected chi connectivity index (χ2v) is 8.41. The molecule has 2 heterocycles. The maximum atomic E-state index is 12.8. The number of benzene rings is 2. The Bertz CT molecular complexity index is 950. The molecule has 30 heavy (non-hydrogen) atoms. The van der Waals surface area contributed by atoms with E-state index in [1.807, 2.05) is 24.3 Å². The molecular weight excluding hydrogens is 372 g/mol. The Balaban J connectivity index is 1.27. The van der Waals surface area contributed by atoms with Crippen LogP contribution >= 0.6 is 0 Å². The average molecular weight is 405 g/mol. The number of amides is 1. The summed E-state index contributed by atoms with van der Waals surface area (Å²) in [6.45, 7) is 5.29. The minimum atomic E-state index is 0.299. The molecule has 0 saturated carbocycles. The van der Waals surface area contributed by atoms with Crippen molar-refractivity contribution in [1.29, 1.82) is 0 Å². The summed E-state index contributed by atoms with van der Waals surface area (Å²) in [5, 5.41) is 1.27. The van der Waals surface area contributed by atoms with Crippen LogP contribution in [0.3, 0.4) is 0 Å². The van der Waals surface area contributed by atoms with Gasteiger partial charge in [0, 0.05) is 43.2 Å². The number of H-pyrrole nitrogens is 1. The Morgan fingerprint density at radius 1 is 1.07 bits per heavy atom. The van der Waals surface area contributed by atoms with Crippen LogP contribution in [0.15, 0.2) is 60.8 Å². The zero-order valence-corrected chi connectivity index (χ0v) is 17.8. The molecular formula is C26H32N2O2. The minimum Gasteiger partial charge on any atom is -0.377 e. The third-order valence-corrected chi connectivity index (χ3v) is 6.51. The first-order valence-corrected chi connectivity index (χ1v) is 11.2. The van der Waals surface area contributed by atoms with Crippen LogP contribution in [0.5, 0.6) is 0 Å². The second kappa shape index (κ2) is 9.94. The molecule has 158 valence electrons. The number of aromatic nitrogens is 1. The standard InChI is InChI=1S/C26H32N2O2/c1-2-21-18-28(14-12-23-17-27-25-11-7-6-10-24(23)25)26(29)16-22(21)13-15-30-19-20-8-4-3-5-9-20/h3-11,17,21-22,27H,2,12-16,18-19H2,1H3/t21?,22-/m0/s1. The molecule has 0 aliphatic carbocycles. The van der Waals surface area contributed by atoms with E-state index in [4.69, 9.17) is 4.74 Å². The highest BCUT2D eigenvalue weighted by molar-refractivity contribution is 5.83. The third kappa shape index (κ3) is 4.93. The van der Waals surface area contributed by atoms with Gasteiger partial charge in [0.15, 0.2) is 0 Å². The average Bonchev–Trinajstić information content (AvgIpc) is 3.20. The van der Waals surface area contributed by atoms with Gasteiger partial charge in [-0.1, -0.05) is 61.9 Å². The van der Waals surface area contributed by atoms with Gasteiger partial charge in [-0.25, -0.2) is 0 Å². The van der Waals surface area contributed by atoms with E-state index in [0.717, 1.165) is 39.0 Å². The number of piperidine rings is 1. The molecule has 1 fully saturated rings. The van der Waals surface area contributed by atoms with Crippen LogP contribution in [0.2, 0.25) is 0 Å². The van der Waals surface area contributed by atoms with Crippen molar-refractivity contribution < 1.29 is 9.53 Å². The highest BCUT2D eigenvalue weighted by atomic mass is 16.5. The molecule has 1 unspecified atom stereocenters. The van der Waals surface area contributed by atoms with E-state index < -0.39 is 0 Å². The lowest BCUT2D eigenvalue weighted by Gasteiger charge is -2.38. The van der Waals surface area contributed by atoms with Crippen molar-refractivity contribution in [2.45, 2.75) is 39.2 Å². The zero-order chi connectivity index (χ0) is 20.8. The molecule has 1 amide bonds. The molecule has 4 nitrogen and oxygen atoms in total. The van der Waals surface area contributed by atoms with Crippen molar-refractivity contribution in [3.63, 3.8) is 0 Å². The number of hydrogen-bond acceptors (Lipinski definition) is 2. The van der Waals surface area contributed by atoms with Gasteiger partial charge >= 0.3 is 0 Å². The van der Waals surface area contributed by atoms with Crippen molar-refractivity contribution in [3.8, 4) is 0 Å². The van der Waals surface area contributed by atoms with Crippen LogP contribution in [0.25, 0.3) is 10.9 Å². The van der Waals surface area contributed by atoms with Crippen LogP contribution in [-0.2, 0) is 22.6 Å². The number of nitrogens with zero attached hydrogens (tertiary/aromatic N) is 1. The first kappa shape index (κ1) is 20.7. The summed E-state index contributed by atoms with van der Waals surface area (Å²) in [5.41, 5.74) is 3.66. The maximum Gasteiger partial charge on any atom is 0.222 e. The van der Waals surface area contributed by atoms with Gasteiger partial charge in [-0.3, -0.25) is 4.79 Å². The fourth-order valence-electron chi connectivity index (χ4n) is 4.66. The summed E-state index contributed by atoms with van der Waals surface area (Å²) < 4.78 is 5.89. The Hall–Kier alpha value is -2.59. The molecule has 1 aromatic heterocycles. The normalized spacial score (nSPS) is 19.5. The van der Waals surface area contributed by atoms with E-state index in [1.54, 1.807) is 0 Å². The van der Waals surface area contributed by atoms with E-state index in [-0.39, 0.29) is 0 Å². The van der Waals surface area contributed by atoms with Gasteiger partial charge in [-0.2, -0.15) is 0 Å². The summed E-state index contributed by atoms with van der Waals surface area (Å²) in [7, 11) is 0. The molecule has 1 aliphatic rings. The van der Waals surface area contributed by atoms with Crippen molar-refractivity contribution >= 4 is 16.8 Å². The Morgan fingerprint density at radius 2 is 1.87 bits per heavy atom. The van der Waals surface area contributed by atoms with Gasteiger partial charge in [-0.05, 0) is 41.9 Å². The lowest BCUT2D eigenvalue weighted by molar-refractivity contribution is -0.137. The second-order valence-electron chi connectivity index (χ2n) is 8.41. The summed E-state index contributed by atoms with van der Waals surface area (Å²) in [6, 6.07) is 18.6. The molecule has 2 aromatic carbocycles. The van der Waals surface area contributed by atoms with Crippen LogP contribution in [0.4, 0.5) is 0 Å². The number of para-hydroxylation sites is 1. The van der Waals surface area contributed by atoms with Crippen molar-refractivity contribution in [3.05, 3.63) is 71.9 Å². The Labute approximate surface area is 179 Å². The molecule has 4 rings (SSSR count). The fourth-order valence-corrected chi connectivity index (χ4v) is 4.66. The molecule has 4 heteroatoms. The van der Waals surface area contributed by atoms with Crippen molar-refractivity contribution in [1.82, 2.24) is 9.88 Å². The van der Waals surface area contributed by atoms with Gasteiger partial charge < -0.3 is 14.6 Å². The van der Waals surface area contributed by atoms with E-state index >= 15 is 0 Å². The number of nitrogens with one attached hydrogen (secondary N) is 1. The number of rotatable bonds is 9. The molecule has 0 bridgehead atoms. The highest BCUT2D eigenvalue weighted by Gasteiger charge is 2.32. The quantitative estimate of drug-likeness (QED) is 0.499.